The lowest BCUT2D eigenvalue weighted by Crippen LogP contribution is -2.54. The number of nitrogens with zero attached hydrogens (tertiary/aromatic N) is 2. The highest BCUT2D eigenvalue weighted by molar-refractivity contribution is 7.98. The lowest BCUT2D eigenvalue weighted by atomic mass is 10.1. The highest BCUT2D eigenvalue weighted by atomic mass is 35.5. The Balaban J connectivity index is 1.63. The van der Waals surface area contributed by atoms with Crippen molar-refractivity contribution in [3.05, 3.63) is 76.4 Å². The maximum absolute atomic E-state index is 13.8. The molecule has 3 N–H and O–H groups in total. The Bertz CT molecular complexity index is 792. The predicted octanol–water partition coefficient (Wildman–Crippen LogP) is 3.68. The summed E-state index contributed by atoms with van der Waals surface area (Å²) in [7, 11) is 0. The maximum atomic E-state index is 13.8. The molecule has 1 atom stereocenters. The molecule has 0 aliphatic rings. The van der Waals surface area contributed by atoms with Crippen LogP contribution in [0.1, 0.15) is 23.1 Å². The van der Waals surface area contributed by atoms with Crippen molar-refractivity contribution in [1.29, 1.82) is 0 Å². The fraction of sp³-hybridized carbons (Fsp3) is 0.176. The van der Waals surface area contributed by atoms with E-state index >= 15 is 0 Å². The van der Waals surface area contributed by atoms with Crippen molar-refractivity contribution in [1.82, 2.24) is 10.2 Å². The smallest absolute Gasteiger partial charge is 0.277 e. The molecule has 1 aromatic heterocycles. The Labute approximate surface area is 148 Å². The molecule has 4 nitrogen and oxygen atoms in total. The van der Waals surface area contributed by atoms with E-state index in [9.17, 15) is 4.39 Å². The predicted molar refractivity (Wildman–Crippen MR) is 91.0 cm³/mol. The third-order valence-corrected chi connectivity index (χ3v) is 4.70. The van der Waals surface area contributed by atoms with Crippen molar-refractivity contribution in [3.63, 3.8) is 0 Å². The van der Waals surface area contributed by atoms with E-state index in [1.54, 1.807) is 12.1 Å². The Morgan fingerprint density at radius 3 is 2.67 bits per heavy atom. The van der Waals surface area contributed by atoms with E-state index in [0.717, 1.165) is 5.56 Å². The van der Waals surface area contributed by atoms with Crippen LogP contribution in [0.4, 0.5) is 4.39 Å². The molecule has 24 heavy (non-hydrogen) atoms. The minimum Gasteiger partial charge on any atom is -0.410 e. The summed E-state index contributed by atoms with van der Waals surface area (Å²) in [6, 6.07) is 14.5. The zero-order valence-electron chi connectivity index (χ0n) is 12.8. The van der Waals surface area contributed by atoms with Crippen molar-refractivity contribution in [3.8, 4) is 0 Å². The average Bonchev–Trinajstić information content (AvgIpc) is 3.04. The summed E-state index contributed by atoms with van der Waals surface area (Å²) in [5.41, 5.74) is 5.66. The largest absolute Gasteiger partial charge is 0.410 e. The van der Waals surface area contributed by atoms with E-state index in [1.807, 2.05) is 30.3 Å². The Kier molecular flexibility index (Phi) is 5.50. The summed E-state index contributed by atoms with van der Waals surface area (Å²) in [6.45, 7) is 0. The number of hydrogen-bond donors (Lipinski definition) is 1. The van der Waals surface area contributed by atoms with Crippen molar-refractivity contribution < 1.29 is 14.5 Å². The second-order valence-corrected chi connectivity index (χ2v) is 6.62. The summed E-state index contributed by atoms with van der Waals surface area (Å²) in [4.78, 5) is 0. The highest BCUT2D eigenvalue weighted by Gasteiger charge is 2.19. The van der Waals surface area contributed by atoms with Gasteiger partial charge in [-0.1, -0.05) is 59.8 Å². The summed E-state index contributed by atoms with van der Waals surface area (Å²) < 4.78 is 19.4. The normalized spacial score (nSPS) is 12.3. The molecule has 0 spiro atoms. The van der Waals surface area contributed by atoms with Crippen molar-refractivity contribution in [2.75, 3.05) is 0 Å². The summed E-state index contributed by atoms with van der Waals surface area (Å²) >= 11 is 7.27. The molecular formula is C17H16ClFN3OS+. The van der Waals surface area contributed by atoms with Crippen LogP contribution in [0.3, 0.4) is 0 Å². The summed E-state index contributed by atoms with van der Waals surface area (Å²) in [5, 5.41) is 8.81. The van der Waals surface area contributed by atoms with Crippen LogP contribution in [0.15, 0.2) is 58.2 Å². The van der Waals surface area contributed by atoms with Crippen LogP contribution in [0.5, 0.6) is 0 Å². The van der Waals surface area contributed by atoms with Crippen LogP contribution in [-0.2, 0) is 12.2 Å². The maximum Gasteiger partial charge on any atom is 0.277 e. The first kappa shape index (κ1) is 17.0. The standard InChI is InChI=1S/C17H15ClFN3OS/c18-13-7-4-8-14(19)12(13)10-24-17-22-21-16(23-17)15(20)9-11-5-2-1-3-6-11/h1-8,15H,9-10,20H2/p+1. The lowest BCUT2D eigenvalue weighted by Gasteiger charge is -2.04. The quantitative estimate of drug-likeness (QED) is 0.677. The van der Waals surface area contributed by atoms with Gasteiger partial charge in [0, 0.05) is 22.8 Å². The molecule has 3 aromatic rings. The van der Waals surface area contributed by atoms with Crippen molar-refractivity contribution in [2.24, 2.45) is 0 Å². The average molecular weight is 365 g/mol. The van der Waals surface area contributed by atoms with Gasteiger partial charge in [0.1, 0.15) is 5.82 Å². The number of hydrogen-bond acceptors (Lipinski definition) is 4. The van der Waals surface area contributed by atoms with Gasteiger partial charge in [0.05, 0.1) is 0 Å². The molecule has 3 rings (SSSR count). The summed E-state index contributed by atoms with van der Waals surface area (Å²) in [6.07, 6.45) is 0.715. The third-order valence-electron chi connectivity index (χ3n) is 3.50. The minimum absolute atomic E-state index is 0.133. The monoisotopic (exact) mass is 364 g/mol. The van der Waals surface area contributed by atoms with Gasteiger partial charge in [0.15, 0.2) is 6.04 Å². The number of rotatable bonds is 6. The SMILES string of the molecule is [NH3+]C(Cc1ccccc1)c1nnc(SCc2c(F)cccc2Cl)o1. The molecule has 0 aliphatic carbocycles. The van der Waals surface area contributed by atoms with Crippen LogP contribution in [-0.4, -0.2) is 10.2 Å². The molecule has 124 valence electrons. The molecule has 0 radical (unpaired) electrons. The number of aromatic nitrogens is 2. The van der Waals surface area contributed by atoms with E-state index in [-0.39, 0.29) is 11.9 Å². The van der Waals surface area contributed by atoms with E-state index in [0.29, 0.717) is 33.9 Å². The Hall–Kier alpha value is -1.89. The molecule has 0 aliphatic heterocycles. The molecule has 0 fully saturated rings. The first-order valence-corrected chi connectivity index (χ1v) is 8.76. The van der Waals surface area contributed by atoms with Crippen LogP contribution in [0.25, 0.3) is 0 Å². The molecule has 1 heterocycles. The van der Waals surface area contributed by atoms with Gasteiger partial charge in [-0.2, -0.15) is 0 Å². The molecule has 0 amide bonds. The first-order chi connectivity index (χ1) is 11.6. The number of benzene rings is 2. The van der Waals surface area contributed by atoms with Crippen molar-refractivity contribution in [2.45, 2.75) is 23.4 Å². The van der Waals surface area contributed by atoms with Gasteiger partial charge >= 0.3 is 0 Å². The van der Waals surface area contributed by atoms with Crippen LogP contribution in [0.2, 0.25) is 5.02 Å². The molecule has 7 heteroatoms. The fourth-order valence-corrected chi connectivity index (χ4v) is 3.35. The van der Waals surface area contributed by atoms with Crippen LogP contribution < -0.4 is 5.73 Å². The zero-order valence-corrected chi connectivity index (χ0v) is 14.4. The first-order valence-electron chi connectivity index (χ1n) is 7.39. The van der Waals surface area contributed by atoms with E-state index < -0.39 is 0 Å². The molecule has 1 unspecified atom stereocenters. The molecule has 2 aromatic carbocycles. The van der Waals surface area contributed by atoms with Gasteiger partial charge in [-0.05, 0) is 17.7 Å². The van der Waals surface area contributed by atoms with Gasteiger partial charge < -0.3 is 10.2 Å². The second-order valence-electron chi connectivity index (χ2n) is 5.28. The van der Waals surface area contributed by atoms with Gasteiger partial charge in [-0.3, -0.25) is 0 Å². The Morgan fingerprint density at radius 1 is 1.12 bits per heavy atom. The van der Waals surface area contributed by atoms with Gasteiger partial charge in [0.2, 0.25) is 0 Å². The van der Waals surface area contributed by atoms with Crippen molar-refractivity contribution >= 4 is 23.4 Å². The molecule has 0 bridgehead atoms. The minimum atomic E-state index is -0.339. The lowest BCUT2D eigenvalue weighted by molar-refractivity contribution is -0.431. The molecular weight excluding hydrogens is 349 g/mol. The number of thioether (sulfide) groups is 1. The second kappa shape index (κ2) is 7.79. The highest BCUT2D eigenvalue weighted by Crippen LogP contribution is 2.28. The van der Waals surface area contributed by atoms with Gasteiger partial charge in [-0.25, -0.2) is 4.39 Å². The topological polar surface area (TPSA) is 66.6 Å². The summed E-state index contributed by atoms with van der Waals surface area (Å²) in [5.74, 6) is 0.461. The number of halogens is 2. The third kappa shape index (κ3) is 4.14. The van der Waals surface area contributed by atoms with Gasteiger partial charge in [0.25, 0.3) is 11.1 Å². The zero-order chi connectivity index (χ0) is 16.9. The van der Waals surface area contributed by atoms with E-state index in [4.69, 9.17) is 16.0 Å². The van der Waals surface area contributed by atoms with Crippen LogP contribution >= 0.6 is 23.4 Å². The van der Waals surface area contributed by atoms with E-state index in [2.05, 4.69) is 15.9 Å². The molecule has 0 saturated heterocycles. The fourth-order valence-electron chi connectivity index (χ4n) is 2.23. The molecule has 0 saturated carbocycles. The van der Waals surface area contributed by atoms with E-state index in [1.165, 1.54) is 17.8 Å². The Morgan fingerprint density at radius 2 is 1.92 bits per heavy atom. The number of quaternary nitrogens is 1. The van der Waals surface area contributed by atoms with Gasteiger partial charge in [-0.15, -0.1) is 10.2 Å². The van der Waals surface area contributed by atoms with Crippen LogP contribution in [0, 0.1) is 5.82 Å².